The molecule has 0 atom stereocenters. The van der Waals surface area contributed by atoms with E-state index in [4.69, 9.17) is 0 Å². The van der Waals surface area contributed by atoms with E-state index in [1.807, 2.05) is 6.92 Å². The van der Waals surface area contributed by atoms with Crippen molar-refractivity contribution < 1.29 is 8.78 Å². The van der Waals surface area contributed by atoms with Crippen LogP contribution < -0.4 is 5.32 Å². The Balaban J connectivity index is 0.00000162. The van der Waals surface area contributed by atoms with E-state index in [-0.39, 0.29) is 19.0 Å². The number of halogens is 3. The lowest BCUT2D eigenvalue weighted by Gasteiger charge is -2.06. The lowest BCUT2D eigenvalue weighted by atomic mass is 10.2. The van der Waals surface area contributed by atoms with E-state index in [0.29, 0.717) is 5.56 Å². The van der Waals surface area contributed by atoms with Gasteiger partial charge in [-0.2, -0.15) is 5.10 Å². The third-order valence-corrected chi connectivity index (χ3v) is 2.51. The fraction of sp³-hybridized carbons (Fsp3) is 0.250. The van der Waals surface area contributed by atoms with Crippen LogP contribution in [0.2, 0.25) is 0 Å². The van der Waals surface area contributed by atoms with Gasteiger partial charge in [-0.05, 0) is 13.0 Å². The Labute approximate surface area is 110 Å². The Morgan fingerprint density at radius 1 is 1.33 bits per heavy atom. The lowest BCUT2D eigenvalue weighted by molar-refractivity contribution is 0.500. The molecular weight excluding hydrogens is 260 g/mol. The van der Waals surface area contributed by atoms with Crippen LogP contribution in [0.25, 0.3) is 0 Å². The zero-order valence-electron chi connectivity index (χ0n) is 10.1. The van der Waals surface area contributed by atoms with Crippen molar-refractivity contribution in [3.8, 4) is 0 Å². The molecule has 1 aromatic heterocycles. The first-order valence-corrected chi connectivity index (χ1v) is 5.25. The van der Waals surface area contributed by atoms with E-state index >= 15 is 0 Å². The third-order valence-electron chi connectivity index (χ3n) is 2.51. The first kappa shape index (κ1) is 14.4. The molecule has 0 amide bonds. The van der Waals surface area contributed by atoms with Gasteiger partial charge in [-0.1, -0.05) is 12.1 Å². The molecule has 2 rings (SSSR count). The quantitative estimate of drug-likeness (QED) is 0.932. The summed E-state index contributed by atoms with van der Waals surface area (Å²) >= 11 is 0. The van der Waals surface area contributed by atoms with Gasteiger partial charge in [0.15, 0.2) is 11.6 Å². The maximum atomic E-state index is 13.4. The standard InChI is InChI=1S/C12H13F2N3.ClH/c1-8-11(7-17(2)16-8)15-6-9-4-3-5-10(13)12(9)14;/h3-5,7,15H,6H2,1-2H3;1H. The highest BCUT2D eigenvalue weighted by atomic mass is 35.5. The van der Waals surface area contributed by atoms with Gasteiger partial charge in [0.1, 0.15) is 0 Å². The fourth-order valence-corrected chi connectivity index (χ4v) is 1.65. The van der Waals surface area contributed by atoms with E-state index in [0.717, 1.165) is 17.4 Å². The van der Waals surface area contributed by atoms with Crippen LogP contribution in [0.5, 0.6) is 0 Å². The molecule has 0 spiro atoms. The van der Waals surface area contributed by atoms with Crippen molar-refractivity contribution >= 4 is 18.1 Å². The third kappa shape index (κ3) is 2.98. The normalized spacial score (nSPS) is 10.0. The van der Waals surface area contributed by atoms with E-state index in [1.165, 1.54) is 6.07 Å². The number of hydrogen-bond acceptors (Lipinski definition) is 2. The number of aryl methyl sites for hydroxylation is 2. The Hall–Kier alpha value is -1.62. The van der Waals surface area contributed by atoms with Crippen molar-refractivity contribution in [3.63, 3.8) is 0 Å². The lowest BCUT2D eigenvalue weighted by Crippen LogP contribution is -2.03. The summed E-state index contributed by atoms with van der Waals surface area (Å²) < 4.78 is 28.0. The molecule has 0 aliphatic heterocycles. The number of benzene rings is 1. The fourth-order valence-electron chi connectivity index (χ4n) is 1.65. The van der Waals surface area contributed by atoms with Gasteiger partial charge >= 0.3 is 0 Å². The Morgan fingerprint density at radius 3 is 2.67 bits per heavy atom. The van der Waals surface area contributed by atoms with Crippen molar-refractivity contribution in [2.24, 2.45) is 7.05 Å². The van der Waals surface area contributed by atoms with E-state index in [1.54, 1.807) is 24.0 Å². The molecule has 98 valence electrons. The van der Waals surface area contributed by atoms with Crippen molar-refractivity contribution in [3.05, 3.63) is 47.3 Å². The van der Waals surface area contributed by atoms with Crippen LogP contribution in [0.1, 0.15) is 11.3 Å². The molecule has 1 N–H and O–H groups in total. The predicted molar refractivity (Wildman–Crippen MR) is 68.9 cm³/mol. The smallest absolute Gasteiger partial charge is 0.163 e. The Kier molecular flexibility index (Phi) is 4.67. The van der Waals surface area contributed by atoms with Crippen molar-refractivity contribution in [1.82, 2.24) is 9.78 Å². The summed E-state index contributed by atoms with van der Waals surface area (Å²) in [5.74, 6) is -1.63. The van der Waals surface area contributed by atoms with Crippen molar-refractivity contribution in [2.45, 2.75) is 13.5 Å². The minimum absolute atomic E-state index is 0. The maximum Gasteiger partial charge on any atom is 0.163 e. The van der Waals surface area contributed by atoms with Crippen LogP contribution in [-0.2, 0) is 13.6 Å². The molecule has 0 aliphatic rings. The summed E-state index contributed by atoms with van der Waals surface area (Å²) in [6.45, 7) is 2.08. The SMILES string of the molecule is Cc1nn(C)cc1NCc1cccc(F)c1F.Cl. The van der Waals surface area contributed by atoms with Gasteiger partial charge < -0.3 is 5.32 Å². The minimum Gasteiger partial charge on any atom is -0.378 e. The summed E-state index contributed by atoms with van der Waals surface area (Å²) in [4.78, 5) is 0. The van der Waals surface area contributed by atoms with Gasteiger partial charge in [-0.3, -0.25) is 4.68 Å². The van der Waals surface area contributed by atoms with Crippen LogP contribution in [0.3, 0.4) is 0 Å². The number of rotatable bonds is 3. The molecule has 2 aromatic rings. The first-order valence-electron chi connectivity index (χ1n) is 5.25. The van der Waals surface area contributed by atoms with Gasteiger partial charge in [0.25, 0.3) is 0 Å². The summed E-state index contributed by atoms with van der Waals surface area (Å²) in [5, 5.41) is 7.18. The van der Waals surface area contributed by atoms with Gasteiger partial charge in [-0.15, -0.1) is 12.4 Å². The molecule has 6 heteroatoms. The average molecular weight is 274 g/mol. The largest absolute Gasteiger partial charge is 0.378 e. The van der Waals surface area contributed by atoms with Crippen molar-refractivity contribution in [2.75, 3.05) is 5.32 Å². The summed E-state index contributed by atoms with van der Waals surface area (Å²) in [6.07, 6.45) is 1.80. The zero-order chi connectivity index (χ0) is 12.4. The van der Waals surface area contributed by atoms with Crippen LogP contribution in [-0.4, -0.2) is 9.78 Å². The summed E-state index contributed by atoms with van der Waals surface area (Å²) in [5.41, 5.74) is 1.94. The van der Waals surface area contributed by atoms with Crippen LogP contribution in [0.15, 0.2) is 24.4 Å². The molecular formula is C12H14ClF2N3. The molecule has 0 unspecified atom stereocenters. The van der Waals surface area contributed by atoms with Gasteiger partial charge in [-0.25, -0.2) is 8.78 Å². The molecule has 1 heterocycles. The number of anilines is 1. The number of nitrogens with one attached hydrogen (secondary N) is 1. The zero-order valence-corrected chi connectivity index (χ0v) is 10.9. The summed E-state index contributed by atoms with van der Waals surface area (Å²) in [7, 11) is 1.81. The minimum atomic E-state index is -0.827. The predicted octanol–water partition coefficient (Wildman–Crippen LogP) is 3.04. The molecule has 0 aliphatic carbocycles. The second kappa shape index (κ2) is 5.82. The molecule has 0 bridgehead atoms. The first-order chi connectivity index (χ1) is 8.08. The highest BCUT2D eigenvalue weighted by Gasteiger charge is 2.08. The highest BCUT2D eigenvalue weighted by Crippen LogP contribution is 2.16. The molecule has 0 radical (unpaired) electrons. The van der Waals surface area contributed by atoms with E-state index in [9.17, 15) is 8.78 Å². The van der Waals surface area contributed by atoms with Crippen LogP contribution in [0, 0.1) is 18.6 Å². The average Bonchev–Trinajstić information content (AvgIpc) is 2.60. The topological polar surface area (TPSA) is 29.9 Å². The number of hydrogen-bond donors (Lipinski definition) is 1. The second-order valence-corrected chi connectivity index (χ2v) is 3.87. The van der Waals surface area contributed by atoms with Crippen molar-refractivity contribution in [1.29, 1.82) is 0 Å². The van der Waals surface area contributed by atoms with Gasteiger partial charge in [0, 0.05) is 25.4 Å². The molecule has 18 heavy (non-hydrogen) atoms. The number of nitrogens with zero attached hydrogens (tertiary/aromatic N) is 2. The molecule has 3 nitrogen and oxygen atoms in total. The number of aromatic nitrogens is 2. The van der Waals surface area contributed by atoms with Gasteiger partial charge in [0.2, 0.25) is 0 Å². The molecule has 1 aromatic carbocycles. The molecule has 0 fully saturated rings. The summed E-state index contributed by atoms with van der Waals surface area (Å²) in [6, 6.07) is 4.15. The highest BCUT2D eigenvalue weighted by molar-refractivity contribution is 5.85. The van der Waals surface area contributed by atoms with E-state index < -0.39 is 11.6 Å². The monoisotopic (exact) mass is 273 g/mol. The molecule has 0 saturated carbocycles. The second-order valence-electron chi connectivity index (χ2n) is 3.87. The van der Waals surface area contributed by atoms with Crippen LogP contribution in [0.4, 0.5) is 14.5 Å². The van der Waals surface area contributed by atoms with Crippen LogP contribution >= 0.6 is 12.4 Å². The van der Waals surface area contributed by atoms with E-state index in [2.05, 4.69) is 10.4 Å². The molecule has 0 saturated heterocycles. The maximum absolute atomic E-state index is 13.4. The Morgan fingerprint density at radius 2 is 2.06 bits per heavy atom. The van der Waals surface area contributed by atoms with Gasteiger partial charge in [0.05, 0.1) is 11.4 Å². The Bertz CT molecular complexity index is 540.